The van der Waals surface area contributed by atoms with Gasteiger partial charge >= 0.3 is 0 Å². The van der Waals surface area contributed by atoms with Crippen LogP contribution in [-0.2, 0) is 5.41 Å². The number of hydrogen-bond donors (Lipinski definition) is 0. The Morgan fingerprint density at radius 1 is 0.714 bits per heavy atom. The van der Waals surface area contributed by atoms with Crippen molar-refractivity contribution in [2.75, 3.05) is 0 Å². The lowest BCUT2D eigenvalue weighted by atomic mass is 9.83. The maximum Gasteiger partial charge on any atom is 0.0753 e. The number of rotatable bonds is 1. The standard InChI is InChI=1S/C20H17N/c1-20(2)16-11-7-6-10-15(16)19-17(20)12-13-18(21-19)14-8-4-3-5-9-14/h3-13H,1-2H3. The second kappa shape index (κ2) is 4.29. The van der Waals surface area contributed by atoms with E-state index in [9.17, 15) is 0 Å². The minimum absolute atomic E-state index is 0.0359. The molecule has 1 heterocycles. The average Bonchev–Trinajstić information content (AvgIpc) is 2.77. The fourth-order valence-electron chi connectivity index (χ4n) is 3.32. The maximum atomic E-state index is 4.96. The molecule has 0 spiro atoms. The van der Waals surface area contributed by atoms with Gasteiger partial charge in [-0.1, -0.05) is 74.5 Å². The lowest BCUT2D eigenvalue weighted by Crippen LogP contribution is -2.14. The van der Waals surface area contributed by atoms with Gasteiger partial charge in [0.25, 0.3) is 0 Å². The lowest BCUT2D eigenvalue weighted by molar-refractivity contribution is 0.659. The van der Waals surface area contributed by atoms with Crippen molar-refractivity contribution in [3.63, 3.8) is 0 Å². The summed E-state index contributed by atoms with van der Waals surface area (Å²) in [6, 6.07) is 23.4. The van der Waals surface area contributed by atoms with Gasteiger partial charge in [0.15, 0.2) is 0 Å². The highest BCUT2D eigenvalue weighted by molar-refractivity contribution is 5.79. The van der Waals surface area contributed by atoms with Crippen molar-refractivity contribution in [3.05, 3.63) is 77.9 Å². The third-order valence-electron chi connectivity index (χ3n) is 4.49. The van der Waals surface area contributed by atoms with Crippen LogP contribution in [0.5, 0.6) is 0 Å². The Morgan fingerprint density at radius 2 is 1.43 bits per heavy atom. The Bertz CT molecular complexity index is 816. The minimum atomic E-state index is 0.0359. The van der Waals surface area contributed by atoms with Crippen LogP contribution in [0.3, 0.4) is 0 Å². The van der Waals surface area contributed by atoms with Crippen molar-refractivity contribution < 1.29 is 0 Å². The fraction of sp³-hybridized carbons (Fsp3) is 0.150. The molecule has 0 saturated carbocycles. The Kier molecular flexibility index (Phi) is 2.52. The molecular formula is C20H17N. The van der Waals surface area contributed by atoms with Crippen LogP contribution >= 0.6 is 0 Å². The van der Waals surface area contributed by atoms with E-state index in [1.165, 1.54) is 22.3 Å². The zero-order valence-corrected chi connectivity index (χ0v) is 12.3. The smallest absolute Gasteiger partial charge is 0.0753 e. The van der Waals surface area contributed by atoms with E-state index in [-0.39, 0.29) is 5.41 Å². The van der Waals surface area contributed by atoms with Crippen molar-refractivity contribution in [2.24, 2.45) is 0 Å². The van der Waals surface area contributed by atoms with Gasteiger partial charge in [0.1, 0.15) is 0 Å². The van der Waals surface area contributed by atoms with Gasteiger partial charge in [-0.15, -0.1) is 0 Å². The first-order chi connectivity index (χ1) is 10.2. The third kappa shape index (κ3) is 1.74. The molecule has 0 saturated heterocycles. The number of aromatic nitrogens is 1. The highest BCUT2D eigenvalue weighted by Gasteiger charge is 2.36. The molecule has 0 bridgehead atoms. The molecule has 2 aromatic carbocycles. The van der Waals surface area contributed by atoms with Gasteiger partial charge in [-0.3, -0.25) is 0 Å². The largest absolute Gasteiger partial charge is 0.247 e. The zero-order chi connectivity index (χ0) is 14.4. The summed E-state index contributed by atoms with van der Waals surface area (Å²) >= 11 is 0. The van der Waals surface area contributed by atoms with Crippen LogP contribution in [0.25, 0.3) is 22.5 Å². The minimum Gasteiger partial charge on any atom is -0.247 e. The number of hydrogen-bond acceptors (Lipinski definition) is 1. The molecule has 0 N–H and O–H groups in total. The Balaban J connectivity index is 1.96. The van der Waals surface area contributed by atoms with Crippen LogP contribution in [-0.4, -0.2) is 4.98 Å². The van der Waals surface area contributed by atoms with Crippen molar-refractivity contribution in [1.82, 2.24) is 4.98 Å². The van der Waals surface area contributed by atoms with Crippen LogP contribution in [0.2, 0.25) is 0 Å². The van der Waals surface area contributed by atoms with E-state index in [0.29, 0.717) is 0 Å². The molecule has 0 amide bonds. The molecule has 1 heteroatoms. The van der Waals surface area contributed by atoms with Gasteiger partial charge in [0, 0.05) is 16.5 Å². The van der Waals surface area contributed by atoms with E-state index in [2.05, 4.69) is 74.5 Å². The first kappa shape index (κ1) is 12.3. The summed E-state index contributed by atoms with van der Waals surface area (Å²) in [7, 11) is 0. The van der Waals surface area contributed by atoms with Crippen LogP contribution in [0.4, 0.5) is 0 Å². The van der Waals surface area contributed by atoms with E-state index in [1.54, 1.807) is 0 Å². The van der Waals surface area contributed by atoms with Crippen LogP contribution in [0.15, 0.2) is 66.7 Å². The lowest BCUT2D eigenvalue weighted by Gasteiger charge is -2.20. The Morgan fingerprint density at radius 3 is 2.24 bits per heavy atom. The summed E-state index contributed by atoms with van der Waals surface area (Å²) in [6.45, 7) is 4.56. The number of fused-ring (bicyclic) bond motifs is 3. The molecular weight excluding hydrogens is 254 g/mol. The highest BCUT2D eigenvalue weighted by Crippen LogP contribution is 2.47. The van der Waals surface area contributed by atoms with Gasteiger partial charge in [-0.05, 0) is 17.2 Å². The molecule has 1 aliphatic carbocycles. The molecule has 3 aromatic rings. The van der Waals surface area contributed by atoms with Crippen molar-refractivity contribution in [1.29, 1.82) is 0 Å². The van der Waals surface area contributed by atoms with Gasteiger partial charge < -0.3 is 0 Å². The molecule has 21 heavy (non-hydrogen) atoms. The zero-order valence-electron chi connectivity index (χ0n) is 12.3. The molecule has 0 atom stereocenters. The predicted molar refractivity (Wildman–Crippen MR) is 87.2 cm³/mol. The third-order valence-corrected chi connectivity index (χ3v) is 4.49. The number of pyridine rings is 1. The molecule has 0 unspecified atom stereocenters. The summed E-state index contributed by atoms with van der Waals surface area (Å²) in [5, 5.41) is 0. The van der Waals surface area contributed by atoms with Gasteiger partial charge in [-0.25, -0.2) is 4.98 Å². The summed E-state index contributed by atoms with van der Waals surface area (Å²) in [5.41, 5.74) is 7.35. The van der Waals surface area contributed by atoms with Crippen LogP contribution in [0, 0.1) is 0 Å². The molecule has 102 valence electrons. The second-order valence-corrected chi connectivity index (χ2v) is 6.13. The maximum absolute atomic E-state index is 4.96. The second-order valence-electron chi connectivity index (χ2n) is 6.13. The average molecular weight is 271 g/mol. The summed E-state index contributed by atoms with van der Waals surface area (Å²) in [4.78, 5) is 4.96. The van der Waals surface area contributed by atoms with Gasteiger partial charge in [-0.2, -0.15) is 0 Å². The monoisotopic (exact) mass is 271 g/mol. The Hall–Kier alpha value is -2.41. The van der Waals surface area contributed by atoms with E-state index < -0.39 is 0 Å². The highest BCUT2D eigenvalue weighted by atomic mass is 14.7. The van der Waals surface area contributed by atoms with E-state index in [4.69, 9.17) is 4.98 Å². The summed E-state index contributed by atoms with van der Waals surface area (Å²) in [5.74, 6) is 0. The molecule has 1 aromatic heterocycles. The molecule has 4 rings (SSSR count). The predicted octanol–water partition coefficient (Wildman–Crippen LogP) is 5.05. The molecule has 0 fully saturated rings. The Labute approximate surface area is 125 Å². The molecule has 1 aliphatic rings. The van der Waals surface area contributed by atoms with Crippen molar-refractivity contribution >= 4 is 0 Å². The SMILES string of the molecule is CC1(C)c2ccccc2-c2nc(-c3ccccc3)ccc21. The van der Waals surface area contributed by atoms with Crippen LogP contribution in [0.1, 0.15) is 25.0 Å². The molecule has 0 aliphatic heterocycles. The summed E-state index contributed by atoms with van der Waals surface area (Å²) < 4.78 is 0. The first-order valence-corrected chi connectivity index (χ1v) is 7.35. The summed E-state index contributed by atoms with van der Waals surface area (Å²) in [6.07, 6.45) is 0. The fourth-order valence-corrected chi connectivity index (χ4v) is 3.32. The van der Waals surface area contributed by atoms with Gasteiger partial charge in [0.2, 0.25) is 0 Å². The van der Waals surface area contributed by atoms with Crippen molar-refractivity contribution in [3.8, 4) is 22.5 Å². The molecule has 1 nitrogen and oxygen atoms in total. The first-order valence-electron chi connectivity index (χ1n) is 7.35. The van der Waals surface area contributed by atoms with Crippen LogP contribution < -0.4 is 0 Å². The van der Waals surface area contributed by atoms with Crippen molar-refractivity contribution in [2.45, 2.75) is 19.3 Å². The number of benzene rings is 2. The molecule has 0 radical (unpaired) electrons. The van der Waals surface area contributed by atoms with Gasteiger partial charge in [0.05, 0.1) is 11.4 Å². The number of nitrogens with zero attached hydrogens (tertiary/aromatic N) is 1. The topological polar surface area (TPSA) is 12.9 Å². The van der Waals surface area contributed by atoms with E-state index in [1.807, 2.05) is 6.07 Å². The quantitative estimate of drug-likeness (QED) is 0.603. The van der Waals surface area contributed by atoms with E-state index in [0.717, 1.165) is 11.4 Å². The normalized spacial score (nSPS) is 14.6. The van der Waals surface area contributed by atoms with E-state index >= 15 is 0 Å².